The first-order chi connectivity index (χ1) is 15.9. The highest BCUT2D eigenvalue weighted by atomic mass is 16.5. The van der Waals surface area contributed by atoms with Crippen molar-refractivity contribution in [3.05, 3.63) is 77.6 Å². The molecule has 2 amide bonds. The Kier molecular flexibility index (Phi) is 6.60. The second-order valence-corrected chi connectivity index (χ2v) is 8.75. The number of hydrogen-bond donors (Lipinski definition) is 2. The minimum atomic E-state index is -1.17. The summed E-state index contributed by atoms with van der Waals surface area (Å²) in [5.41, 5.74) is 3.24. The number of H-pyrrole nitrogens is 1. The number of morpholine rings is 1. The lowest BCUT2D eigenvalue weighted by atomic mass is 9.89. The molecule has 1 aromatic heterocycles. The lowest BCUT2D eigenvalue weighted by molar-refractivity contribution is -0.156. The predicted molar refractivity (Wildman–Crippen MR) is 127 cm³/mol. The van der Waals surface area contributed by atoms with Crippen LogP contribution in [0, 0.1) is 0 Å². The number of likely N-dealkylation sites (N-methyl/N-ethyl adjacent to an activating group) is 1. The maximum atomic E-state index is 13.2. The molecular formula is C26H30N4O3. The van der Waals surface area contributed by atoms with E-state index in [0.29, 0.717) is 18.7 Å². The lowest BCUT2D eigenvalue weighted by Crippen LogP contribution is -2.61. The fourth-order valence-electron chi connectivity index (χ4n) is 4.24. The summed E-state index contributed by atoms with van der Waals surface area (Å²) >= 11 is 0. The van der Waals surface area contributed by atoms with Crippen LogP contribution in [0.1, 0.15) is 41.5 Å². The van der Waals surface area contributed by atoms with Gasteiger partial charge in [0.2, 0.25) is 0 Å². The van der Waals surface area contributed by atoms with E-state index in [9.17, 15) is 9.59 Å². The van der Waals surface area contributed by atoms with Crippen LogP contribution < -0.4 is 5.32 Å². The van der Waals surface area contributed by atoms with Gasteiger partial charge in [-0.1, -0.05) is 68.4 Å². The molecule has 1 atom stereocenters. The molecule has 0 radical (unpaired) electrons. The van der Waals surface area contributed by atoms with Crippen LogP contribution in [0.3, 0.4) is 0 Å². The lowest BCUT2D eigenvalue weighted by Gasteiger charge is -2.41. The van der Waals surface area contributed by atoms with Crippen LogP contribution in [-0.2, 0) is 16.0 Å². The third kappa shape index (κ3) is 4.83. The molecule has 4 rings (SSSR count). The van der Waals surface area contributed by atoms with Gasteiger partial charge in [-0.2, -0.15) is 5.10 Å². The summed E-state index contributed by atoms with van der Waals surface area (Å²) in [7, 11) is 1.59. The first-order valence-electron chi connectivity index (χ1n) is 11.3. The number of nitrogens with zero attached hydrogens (tertiary/aromatic N) is 2. The third-order valence-corrected chi connectivity index (χ3v) is 6.08. The molecule has 0 spiro atoms. The molecule has 0 bridgehead atoms. The maximum absolute atomic E-state index is 13.2. The summed E-state index contributed by atoms with van der Waals surface area (Å²) in [6.07, 6.45) is 0.356. The van der Waals surface area contributed by atoms with E-state index in [1.807, 2.05) is 50.2 Å². The van der Waals surface area contributed by atoms with Crippen molar-refractivity contribution in [1.29, 1.82) is 0 Å². The van der Waals surface area contributed by atoms with E-state index >= 15 is 0 Å². The molecule has 1 aliphatic heterocycles. The largest absolute Gasteiger partial charge is 0.361 e. The Morgan fingerprint density at radius 1 is 1.12 bits per heavy atom. The highest BCUT2D eigenvalue weighted by molar-refractivity contribution is 5.94. The minimum Gasteiger partial charge on any atom is -0.361 e. The molecule has 1 saturated heterocycles. The molecule has 172 valence electrons. The van der Waals surface area contributed by atoms with Gasteiger partial charge in [0.05, 0.1) is 13.2 Å². The zero-order chi connectivity index (χ0) is 23.4. The predicted octanol–water partition coefficient (Wildman–Crippen LogP) is 3.40. The van der Waals surface area contributed by atoms with Gasteiger partial charge >= 0.3 is 0 Å². The highest BCUT2D eigenvalue weighted by Gasteiger charge is 2.45. The van der Waals surface area contributed by atoms with Gasteiger partial charge in [0.25, 0.3) is 11.8 Å². The number of rotatable bonds is 6. The number of hydrogen-bond acceptors (Lipinski definition) is 4. The van der Waals surface area contributed by atoms with Crippen LogP contribution in [-0.4, -0.2) is 59.3 Å². The van der Waals surface area contributed by atoms with E-state index in [1.165, 1.54) is 0 Å². The molecular weight excluding hydrogens is 416 g/mol. The molecule has 0 aliphatic carbocycles. The van der Waals surface area contributed by atoms with Crippen LogP contribution >= 0.6 is 0 Å². The molecule has 2 heterocycles. The molecule has 3 aromatic rings. The van der Waals surface area contributed by atoms with Gasteiger partial charge in [-0.05, 0) is 28.7 Å². The molecule has 1 fully saturated rings. The molecule has 7 heteroatoms. The number of carbonyl (C=O) groups excluding carboxylic acids is 2. The van der Waals surface area contributed by atoms with Crippen LogP contribution in [0.5, 0.6) is 0 Å². The van der Waals surface area contributed by atoms with Crippen molar-refractivity contribution in [2.75, 3.05) is 26.7 Å². The zero-order valence-electron chi connectivity index (χ0n) is 19.3. The van der Waals surface area contributed by atoms with Crippen LogP contribution in [0.25, 0.3) is 11.1 Å². The third-order valence-electron chi connectivity index (χ3n) is 6.08. The van der Waals surface area contributed by atoms with Gasteiger partial charge in [0.15, 0.2) is 5.60 Å². The second-order valence-electron chi connectivity index (χ2n) is 8.75. The monoisotopic (exact) mass is 446 g/mol. The SMILES string of the molecule is CNC(=O)C1(Cc2cccc(-c3ccccc3)c2)CN(C(=O)c2cc(C(C)C)[nH]n2)CCO1. The van der Waals surface area contributed by atoms with E-state index in [0.717, 1.165) is 22.4 Å². The van der Waals surface area contributed by atoms with Gasteiger partial charge in [-0.15, -0.1) is 0 Å². The first kappa shape index (κ1) is 22.7. The number of nitrogens with one attached hydrogen (secondary N) is 2. The van der Waals surface area contributed by atoms with Crippen LogP contribution in [0.4, 0.5) is 0 Å². The van der Waals surface area contributed by atoms with Gasteiger partial charge in [-0.3, -0.25) is 14.7 Å². The standard InChI is InChI=1S/C26H30N4O3/c1-18(2)22-15-23(29-28-22)24(31)30-12-13-33-26(17-30,25(32)27-3)16-19-8-7-11-21(14-19)20-9-5-4-6-10-20/h4-11,14-15,18H,12-13,16-17H2,1-3H3,(H,27,32)(H,28,29). The number of carbonyl (C=O) groups is 2. The highest BCUT2D eigenvalue weighted by Crippen LogP contribution is 2.28. The van der Waals surface area contributed by atoms with Crippen molar-refractivity contribution in [3.8, 4) is 11.1 Å². The molecule has 33 heavy (non-hydrogen) atoms. The van der Waals surface area contributed by atoms with E-state index < -0.39 is 5.60 Å². The topological polar surface area (TPSA) is 87.3 Å². The molecule has 1 unspecified atom stereocenters. The summed E-state index contributed by atoms with van der Waals surface area (Å²) in [6.45, 7) is 4.92. The Balaban J connectivity index is 1.59. The summed E-state index contributed by atoms with van der Waals surface area (Å²) in [5, 5.41) is 9.87. The van der Waals surface area contributed by atoms with Gasteiger partial charge in [-0.25, -0.2) is 0 Å². The Morgan fingerprint density at radius 2 is 1.88 bits per heavy atom. The van der Waals surface area contributed by atoms with Crippen molar-refractivity contribution < 1.29 is 14.3 Å². The van der Waals surface area contributed by atoms with Crippen molar-refractivity contribution >= 4 is 11.8 Å². The number of aromatic amines is 1. The summed E-state index contributed by atoms with van der Waals surface area (Å²) in [6, 6.07) is 20.0. The molecule has 2 N–H and O–H groups in total. The Bertz CT molecular complexity index is 1130. The molecule has 0 saturated carbocycles. The average Bonchev–Trinajstić information content (AvgIpc) is 3.35. The molecule has 1 aliphatic rings. The van der Waals surface area contributed by atoms with Crippen molar-refractivity contribution in [1.82, 2.24) is 20.4 Å². The number of benzene rings is 2. The number of aromatic nitrogens is 2. The molecule has 7 nitrogen and oxygen atoms in total. The summed E-state index contributed by atoms with van der Waals surface area (Å²) in [4.78, 5) is 27.9. The number of ether oxygens (including phenoxy) is 1. The zero-order valence-corrected chi connectivity index (χ0v) is 19.3. The Labute approximate surface area is 194 Å². The Hall–Kier alpha value is -3.45. The fourth-order valence-corrected chi connectivity index (χ4v) is 4.24. The second kappa shape index (κ2) is 9.58. The maximum Gasteiger partial charge on any atom is 0.274 e. The smallest absolute Gasteiger partial charge is 0.274 e. The first-order valence-corrected chi connectivity index (χ1v) is 11.3. The normalized spacial score (nSPS) is 18.4. The quantitative estimate of drug-likeness (QED) is 0.608. The van der Waals surface area contributed by atoms with Gasteiger partial charge in [0, 0.05) is 25.7 Å². The van der Waals surface area contributed by atoms with E-state index in [2.05, 4.69) is 33.7 Å². The van der Waals surface area contributed by atoms with Crippen molar-refractivity contribution in [2.24, 2.45) is 0 Å². The van der Waals surface area contributed by atoms with E-state index in [-0.39, 0.29) is 30.9 Å². The summed E-state index contributed by atoms with van der Waals surface area (Å²) in [5.74, 6) is -0.201. The van der Waals surface area contributed by atoms with E-state index in [4.69, 9.17) is 4.74 Å². The average molecular weight is 447 g/mol. The van der Waals surface area contributed by atoms with Crippen LogP contribution in [0.15, 0.2) is 60.7 Å². The molecule has 2 aromatic carbocycles. The van der Waals surface area contributed by atoms with Crippen LogP contribution in [0.2, 0.25) is 0 Å². The number of amides is 2. The van der Waals surface area contributed by atoms with Gasteiger partial charge in [0.1, 0.15) is 5.69 Å². The minimum absolute atomic E-state index is 0.158. The Morgan fingerprint density at radius 3 is 2.58 bits per heavy atom. The van der Waals surface area contributed by atoms with Gasteiger partial charge < -0.3 is 15.0 Å². The summed E-state index contributed by atoms with van der Waals surface area (Å²) < 4.78 is 6.09. The van der Waals surface area contributed by atoms with E-state index in [1.54, 1.807) is 18.0 Å². The van der Waals surface area contributed by atoms with Crippen molar-refractivity contribution in [2.45, 2.75) is 31.8 Å². The van der Waals surface area contributed by atoms with Crippen molar-refractivity contribution in [3.63, 3.8) is 0 Å². The fraction of sp³-hybridized carbons (Fsp3) is 0.346.